The zero-order chi connectivity index (χ0) is 12.0. The van der Waals surface area contributed by atoms with Crippen LogP contribution in [0.1, 0.15) is 13.8 Å². The summed E-state index contributed by atoms with van der Waals surface area (Å²) in [6.45, 7) is 4.29. The monoisotopic (exact) mass is 259 g/mol. The highest BCUT2D eigenvalue weighted by Gasteiger charge is 2.10. The fourth-order valence-electron chi connectivity index (χ4n) is 1.38. The van der Waals surface area contributed by atoms with Crippen molar-refractivity contribution in [2.75, 3.05) is 12.4 Å². The van der Waals surface area contributed by atoms with Crippen molar-refractivity contribution in [2.24, 2.45) is 0 Å². The molecule has 0 aromatic heterocycles. The normalized spacial score (nSPS) is 13.1. The van der Waals surface area contributed by atoms with Crippen LogP contribution in [0.15, 0.2) is 29.2 Å². The molecule has 1 aromatic rings. The Labute approximate surface area is 106 Å². The Bertz CT molecular complexity index is 320. The molecule has 1 aromatic carbocycles. The molecule has 90 valence electrons. The molecule has 2 nitrogen and oxygen atoms in total. The molecular formula is C12H18ClNOS. The first-order valence-electron chi connectivity index (χ1n) is 5.37. The lowest BCUT2D eigenvalue weighted by atomic mass is 10.3. The van der Waals surface area contributed by atoms with Crippen molar-refractivity contribution in [1.29, 1.82) is 0 Å². The number of hydrogen-bond acceptors (Lipinski definition) is 3. The largest absolute Gasteiger partial charge is 0.395 e. The molecule has 0 bridgehead atoms. The van der Waals surface area contributed by atoms with Gasteiger partial charge in [-0.15, -0.1) is 11.8 Å². The first kappa shape index (κ1) is 13.8. The molecule has 0 aliphatic carbocycles. The Hall–Kier alpha value is -0.220. The van der Waals surface area contributed by atoms with E-state index in [4.69, 9.17) is 11.6 Å². The van der Waals surface area contributed by atoms with E-state index in [1.54, 1.807) is 11.8 Å². The zero-order valence-electron chi connectivity index (χ0n) is 9.61. The van der Waals surface area contributed by atoms with E-state index >= 15 is 0 Å². The molecule has 1 unspecified atom stereocenters. The Morgan fingerprint density at radius 1 is 1.38 bits per heavy atom. The molecule has 0 saturated carbocycles. The summed E-state index contributed by atoms with van der Waals surface area (Å²) in [5.74, 6) is 0.818. The van der Waals surface area contributed by atoms with Crippen molar-refractivity contribution in [3.8, 4) is 0 Å². The first-order chi connectivity index (χ1) is 7.63. The Balaban J connectivity index is 2.46. The van der Waals surface area contributed by atoms with Gasteiger partial charge in [0.25, 0.3) is 0 Å². The van der Waals surface area contributed by atoms with Crippen molar-refractivity contribution >= 4 is 23.4 Å². The van der Waals surface area contributed by atoms with E-state index in [2.05, 4.69) is 19.2 Å². The van der Waals surface area contributed by atoms with E-state index < -0.39 is 0 Å². The number of benzene rings is 1. The van der Waals surface area contributed by atoms with Gasteiger partial charge in [-0.1, -0.05) is 37.6 Å². The SMILES string of the molecule is CC(C)NC(CO)CSc1ccccc1Cl. The van der Waals surface area contributed by atoms with E-state index in [1.807, 2.05) is 24.3 Å². The number of aliphatic hydroxyl groups is 1. The highest BCUT2D eigenvalue weighted by Crippen LogP contribution is 2.26. The molecule has 0 amide bonds. The predicted molar refractivity (Wildman–Crippen MR) is 71.3 cm³/mol. The van der Waals surface area contributed by atoms with Crippen LogP contribution < -0.4 is 5.32 Å². The quantitative estimate of drug-likeness (QED) is 0.771. The Morgan fingerprint density at radius 3 is 2.62 bits per heavy atom. The van der Waals surface area contributed by atoms with Gasteiger partial charge < -0.3 is 10.4 Å². The van der Waals surface area contributed by atoms with E-state index in [9.17, 15) is 5.11 Å². The minimum absolute atomic E-state index is 0.112. The molecule has 0 heterocycles. The zero-order valence-corrected chi connectivity index (χ0v) is 11.2. The van der Waals surface area contributed by atoms with Gasteiger partial charge in [0.1, 0.15) is 0 Å². The molecule has 2 N–H and O–H groups in total. The van der Waals surface area contributed by atoms with E-state index in [1.165, 1.54) is 0 Å². The molecule has 0 spiro atoms. The molecule has 0 aliphatic rings. The maximum atomic E-state index is 9.21. The topological polar surface area (TPSA) is 32.3 Å². The van der Waals surface area contributed by atoms with Crippen LogP contribution in [-0.2, 0) is 0 Å². The van der Waals surface area contributed by atoms with Gasteiger partial charge in [0.2, 0.25) is 0 Å². The lowest BCUT2D eigenvalue weighted by Gasteiger charge is -2.18. The lowest BCUT2D eigenvalue weighted by molar-refractivity contribution is 0.247. The fraction of sp³-hybridized carbons (Fsp3) is 0.500. The molecule has 1 rings (SSSR count). The summed E-state index contributed by atoms with van der Waals surface area (Å²) in [7, 11) is 0. The van der Waals surface area contributed by atoms with Crippen LogP contribution >= 0.6 is 23.4 Å². The van der Waals surface area contributed by atoms with Crippen LogP contribution in [0.3, 0.4) is 0 Å². The average Bonchev–Trinajstić information content (AvgIpc) is 2.25. The van der Waals surface area contributed by atoms with Gasteiger partial charge in [0.15, 0.2) is 0 Å². The third kappa shape index (κ3) is 4.74. The standard InChI is InChI=1S/C12H18ClNOS/c1-9(2)14-10(7-15)8-16-12-6-4-3-5-11(12)13/h3-6,9-10,14-15H,7-8H2,1-2H3. The highest BCUT2D eigenvalue weighted by molar-refractivity contribution is 7.99. The van der Waals surface area contributed by atoms with Gasteiger partial charge in [-0.3, -0.25) is 0 Å². The maximum absolute atomic E-state index is 9.21. The second kappa shape index (κ2) is 7.17. The maximum Gasteiger partial charge on any atom is 0.0592 e. The van der Waals surface area contributed by atoms with Gasteiger partial charge in [-0.2, -0.15) is 0 Å². The van der Waals surface area contributed by atoms with Crippen LogP contribution in [0.5, 0.6) is 0 Å². The summed E-state index contributed by atoms with van der Waals surface area (Å²) < 4.78 is 0. The Morgan fingerprint density at radius 2 is 2.06 bits per heavy atom. The molecule has 0 aliphatic heterocycles. The molecule has 1 atom stereocenters. The number of hydrogen-bond donors (Lipinski definition) is 2. The predicted octanol–water partition coefficient (Wildman–Crippen LogP) is 2.79. The van der Waals surface area contributed by atoms with Gasteiger partial charge in [0, 0.05) is 22.7 Å². The van der Waals surface area contributed by atoms with Crippen molar-refractivity contribution < 1.29 is 5.11 Å². The van der Waals surface area contributed by atoms with E-state index in [-0.39, 0.29) is 12.6 Å². The van der Waals surface area contributed by atoms with Crippen molar-refractivity contribution in [3.63, 3.8) is 0 Å². The van der Waals surface area contributed by atoms with Gasteiger partial charge in [-0.05, 0) is 12.1 Å². The summed E-state index contributed by atoms with van der Waals surface area (Å²) in [5.41, 5.74) is 0. The molecular weight excluding hydrogens is 242 g/mol. The smallest absolute Gasteiger partial charge is 0.0592 e. The van der Waals surface area contributed by atoms with Crippen LogP contribution in [0.4, 0.5) is 0 Å². The van der Waals surface area contributed by atoms with Crippen LogP contribution in [0.25, 0.3) is 0 Å². The molecule has 0 radical (unpaired) electrons. The number of thioether (sulfide) groups is 1. The van der Waals surface area contributed by atoms with E-state index in [0.29, 0.717) is 6.04 Å². The summed E-state index contributed by atoms with van der Waals surface area (Å²) in [6.07, 6.45) is 0. The minimum atomic E-state index is 0.112. The molecule has 0 fully saturated rings. The minimum Gasteiger partial charge on any atom is -0.395 e. The van der Waals surface area contributed by atoms with Gasteiger partial charge >= 0.3 is 0 Å². The molecule has 0 saturated heterocycles. The lowest BCUT2D eigenvalue weighted by Crippen LogP contribution is -2.39. The number of nitrogens with one attached hydrogen (secondary N) is 1. The van der Waals surface area contributed by atoms with Crippen molar-refractivity contribution in [2.45, 2.75) is 30.8 Å². The fourth-order valence-corrected chi connectivity index (χ4v) is 2.64. The second-order valence-electron chi connectivity index (χ2n) is 3.94. The van der Waals surface area contributed by atoms with Gasteiger partial charge in [-0.25, -0.2) is 0 Å². The van der Waals surface area contributed by atoms with Crippen LogP contribution in [-0.4, -0.2) is 29.5 Å². The Kier molecular flexibility index (Phi) is 6.21. The third-order valence-electron chi connectivity index (χ3n) is 2.07. The molecule has 4 heteroatoms. The second-order valence-corrected chi connectivity index (χ2v) is 5.41. The first-order valence-corrected chi connectivity index (χ1v) is 6.74. The van der Waals surface area contributed by atoms with Crippen molar-refractivity contribution in [3.05, 3.63) is 29.3 Å². The number of aliphatic hydroxyl groups excluding tert-OH is 1. The number of halogens is 1. The third-order valence-corrected chi connectivity index (χ3v) is 3.74. The molecule has 16 heavy (non-hydrogen) atoms. The van der Waals surface area contributed by atoms with Crippen LogP contribution in [0, 0.1) is 0 Å². The number of rotatable bonds is 6. The summed E-state index contributed by atoms with van der Waals surface area (Å²) in [5, 5.41) is 13.3. The van der Waals surface area contributed by atoms with Crippen molar-refractivity contribution in [1.82, 2.24) is 5.32 Å². The van der Waals surface area contributed by atoms with Gasteiger partial charge in [0.05, 0.1) is 11.6 Å². The van der Waals surface area contributed by atoms with Crippen LogP contribution in [0.2, 0.25) is 5.02 Å². The summed E-state index contributed by atoms with van der Waals surface area (Å²) >= 11 is 7.72. The summed E-state index contributed by atoms with van der Waals surface area (Å²) in [4.78, 5) is 1.06. The van der Waals surface area contributed by atoms with E-state index in [0.717, 1.165) is 15.7 Å². The summed E-state index contributed by atoms with van der Waals surface area (Å²) in [6, 6.07) is 8.26. The highest BCUT2D eigenvalue weighted by atomic mass is 35.5. The average molecular weight is 260 g/mol.